The first-order valence-corrected chi connectivity index (χ1v) is 8.29. The van der Waals surface area contributed by atoms with E-state index in [0.29, 0.717) is 11.8 Å². The largest absolute Gasteiger partial charge is 0.393 e. The Balaban J connectivity index is 1.82. The van der Waals surface area contributed by atoms with Crippen LogP contribution in [-0.2, 0) is 6.54 Å². The fourth-order valence-electron chi connectivity index (χ4n) is 2.97. The summed E-state index contributed by atoms with van der Waals surface area (Å²) in [6.45, 7) is 10.5. The van der Waals surface area contributed by atoms with Gasteiger partial charge in [0.15, 0.2) is 0 Å². The molecule has 1 saturated heterocycles. The zero-order valence-corrected chi connectivity index (χ0v) is 13.7. The Labute approximate surface area is 129 Å². The summed E-state index contributed by atoms with van der Waals surface area (Å²) in [6.07, 6.45) is 2.02. The minimum atomic E-state index is -0.165. The number of nitrogens with one attached hydrogen (secondary N) is 1. The molecule has 0 amide bonds. The van der Waals surface area contributed by atoms with E-state index in [1.165, 1.54) is 11.3 Å². The van der Waals surface area contributed by atoms with Crippen molar-refractivity contribution in [2.24, 2.45) is 11.8 Å². The molecule has 0 aliphatic carbocycles. The molecule has 0 saturated carbocycles. The molecule has 0 bridgehead atoms. The predicted molar refractivity (Wildman–Crippen MR) is 89.6 cm³/mol. The first kappa shape index (κ1) is 16.3. The van der Waals surface area contributed by atoms with Gasteiger partial charge in [0.05, 0.1) is 6.10 Å². The first-order chi connectivity index (χ1) is 10.1. The molecule has 1 heterocycles. The van der Waals surface area contributed by atoms with E-state index in [-0.39, 0.29) is 6.10 Å². The Hall–Kier alpha value is -1.06. The van der Waals surface area contributed by atoms with Crippen LogP contribution in [0.1, 0.15) is 39.2 Å². The van der Waals surface area contributed by atoms with Crippen molar-refractivity contribution in [3.05, 3.63) is 29.8 Å². The molecule has 3 heteroatoms. The summed E-state index contributed by atoms with van der Waals surface area (Å²) >= 11 is 0. The molecule has 1 aromatic rings. The molecule has 1 unspecified atom stereocenters. The Morgan fingerprint density at radius 1 is 1.14 bits per heavy atom. The van der Waals surface area contributed by atoms with Crippen LogP contribution in [0.4, 0.5) is 5.69 Å². The second kappa shape index (κ2) is 7.81. The van der Waals surface area contributed by atoms with Gasteiger partial charge in [-0.1, -0.05) is 26.0 Å². The molecule has 2 N–H and O–H groups in total. The number of piperidine rings is 1. The van der Waals surface area contributed by atoms with Gasteiger partial charge in [-0.05, 0) is 55.8 Å². The Morgan fingerprint density at radius 2 is 1.76 bits per heavy atom. The van der Waals surface area contributed by atoms with Gasteiger partial charge in [-0.25, -0.2) is 0 Å². The van der Waals surface area contributed by atoms with Gasteiger partial charge in [0.2, 0.25) is 0 Å². The number of anilines is 1. The van der Waals surface area contributed by atoms with Crippen LogP contribution in [0.15, 0.2) is 24.3 Å². The number of hydrogen-bond donors (Lipinski definition) is 2. The second-order valence-corrected chi connectivity index (χ2v) is 6.76. The van der Waals surface area contributed by atoms with E-state index in [1.54, 1.807) is 0 Å². The van der Waals surface area contributed by atoms with Crippen LogP contribution in [0.3, 0.4) is 0 Å². The van der Waals surface area contributed by atoms with E-state index in [1.807, 2.05) is 6.92 Å². The molecule has 1 aliphatic heterocycles. The van der Waals surface area contributed by atoms with Crippen molar-refractivity contribution < 1.29 is 5.11 Å². The zero-order valence-electron chi connectivity index (χ0n) is 13.7. The van der Waals surface area contributed by atoms with Crippen LogP contribution in [0, 0.1) is 11.8 Å². The van der Waals surface area contributed by atoms with Gasteiger partial charge in [-0.3, -0.25) is 0 Å². The summed E-state index contributed by atoms with van der Waals surface area (Å²) in [4.78, 5) is 2.43. The van der Waals surface area contributed by atoms with Gasteiger partial charge in [-0.2, -0.15) is 0 Å². The maximum Gasteiger partial charge on any atom is 0.0541 e. The number of hydrogen-bond acceptors (Lipinski definition) is 3. The van der Waals surface area contributed by atoms with Gasteiger partial charge >= 0.3 is 0 Å². The molecule has 0 spiro atoms. The molecule has 118 valence electrons. The van der Waals surface area contributed by atoms with Crippen LogP contribution in [0.2, 0.25) is 0 Å². The molecular formula is C18H30N2O. The van der Waals surface area contributed by atoms with Crippen LogP contribution in [0.25, 0.3) is 0 Å². The van der Waals surface area contributed by atoms with Crippen LogP contribution >= 0.6 is 0 Å². The lowest BCUT2D eigenvalue weighted by Crippen LogP contribution is -2.37. The maximum absolute atomic E-state index is 9.67. The van der Waals surface area contributed by atoms with E-state index < -0.39 is 0 Å². The lowest BCUT2D eigenvalue weighted by molar-refractivity contribution is 0.110. The Morgan fingerprint density at radius 3 is 2.29 bits per heavy atom. The van der Waals surface area contributed by atoms with Crippen LogP contribution < -0.4 is 10.2 Å². The lowest BCUT2D eigenvalue weighted by Gasteiger charge is -2.34. The van der Waals surface area contributed by atoms with Gasteiger partial charge in [0.1, 0.15) is 0 Å². The molecule has 0 aromatic heterocycles. The average Bonchev–Trinajstić information content (AvgIpc) is 2.48. The number of benzene rings is 1. The third-order valence-electron chi connectivity index (χ3n) is 4.41. The predicted octanol–water partition coefficient (Wildman–Crippen LogP) is 3.03. The smallest absolute Gasteiger partial charge is 0.0541 e. The molecule has 21 heavy (non-hydrogen) atoms. The van der Waals surface area contributed by atoms with Gasteiger partial charge < -0.3 is 15.3 Å². The quantitative estimate of drug-likeness (QED) is 0.845. The summed E-state index contributed by atoms with van der Waals surface area (Å²) in [5.74, 6) is 1.17. The van der Waals surface area contributed by atoms with Crippen LogP contribution in [-0.4, -0.2) is 30.8 Å². The van der Waals surface area contributed by atoms with Crippen molar-refractivity contribution in [2.45, 2.75) is 46.3 Å². The summed E-state index contributed by atoms with van der Waals surface area (Å²) < 4.78 is 0. The van der Waals surface area contributed by atoms with Crippen molar-refractivity contribution in [1.82, 2.24) is 5.32 Å². The minimum absolute atomic E-state index is 0.165. The Kier molecular flexibility index (Phi) is 6.07. The number of rotatable bonds is 6. The van der Waals surface area contributed by atoms with Crippen molar-refractivity contribution in [2.75, 3.05) is 24.5 Å². The van der Waals surface area contributed by atoms with Crippen molar-refractivity contribution in [3.8, 4) is 0 Å². The summed E-state index contributed by atoms with van der Waals surface area (Å²) in [6, 6.07) is 8.91. The summed E-state index contributed by atoms with van der Waals surface area (Å²) in [5.41, 5.74) is 2.66. The third-order valence-corrected chi connectivity index (χ3v) is 4.41. The molecule has 2 rings (SSSR count). The highest BCUT2D eigenvalue weighted by Crippen LogP contribution is 2.25. The zero-order chi connectivity index (χ0) is 15.2. The lowest BCUT2D eigenvalue weighted by atomic mass is 9.92. The van der Waals surface area contributed by atoms with E-state index in [4.69, 9.17) is 0 Å². The molecule has 0 radical (unpaired) electrons. The number of aliphatic hydroxyl groups excluding tert-OH is 1. The van der Waals surface area contributed by atoms with Gasteiger partial charge in [-0.15, -0.1) is 0 Å². The monoisotopic (exact) mass is 290 g/mol. The minimum Gasteiger partial charge on any atom is -0.393 e. The SMILES string of the molecule is CC(C)CNCc1ccc(N2CCC(C(C)O)CC2)cc1. The van der Waals surface area contributed by atoms with E-state index >= 15 is 0 Å². The first-order valence-electron chi connectivity index (χ1n) is 8.29. The van der Waals surface area contributed by atoms with E-state index in [2.05, 4.69) is 48.3 Å². The Bertz CT molecular complexity index is 406. The molecule has 1 fully saturated rings. The third kappa shape index (κ3) is 5.01. The van der Waals surface area contributed by atoms with E-state index in [9.17, 15) is 5.11 Å². The molecule has 1 aromatic carbocycles. The summed E-state index contributed by atoms with van der Waals surface area (Å²) in [7, 11) is 0. The highest BCUT2D eigenvalue weighted by molar-refractivity contribution is 5.48. The topological polar surface area (TPSA) is 35.5 Å². The normalized spacial score (nSPS) is 18.2. The second-order valence-electron chi connectivity index (χ2n) is 6.76. The van der Waals surface area contributed by atoms with Crippen molar-refractivity contribution >= 4 is 5.69 Å². The van der Waals surface area contributed by atoms with Crippen LogP contribution in [0.5, 0.6) is 0 Å². The fraction of sp³-hybridized carbons (Fsp3) is 0.667. The standard InChI is InChI=1S/C18H30N2O/c1-14(2)12-19-13-16-4-6-18(7-5-16)20-10-8-17(9-11-20)15(3)21/h4-7,14-15,17,19,21H,8-13H2,1-3H3. The summed E-state index contributed by atoms with van der Waals surface area (Å²) in [5, 5.41) is 13.1. The highest BCUT2D eigenvalue weighted by atomic mass is 16.3. The van der Waals surface area contributed by atoms with Gasteiger partial charge in [0.25, 0.3) is 0 Å². The fourth-order valence-corrected chi connectivity index (χ4v) is 2.97. The molecule has 3 nitrogen and oxygen atoms in total. The number of nitrogens with zero attached hydrogens (tertiary/aromatic N) is 1. The maximum atomic E-state index is 9.67. The van der Waals surface area contributed by atoms with Crippen molar-refractivity contribution in [1.29, 1.82) is 0 Å². The van der Waals surface area contributed by atoms with Gasteiger partial charge in [0, 0.05) is 25.3 Å². The molecule has 1 aliphatic rings. The molecule has 1 atom stereocenters. The van der Waals surface area contributed by atoms with Crippen molar-refractivity contribution in [3.63, 3.8) is 0 Å². The van der Waals surface area contributed by atoms with E-state index in [0.717, 1.165) is 39.0 Å². The molecular weight excluding hydrogens is 260 g/mol. The average molecular weight is 290 g/mol. The number of aliphatic hydroxyl groups is 1. The highest BCUT2D eigenvalue weighted by Gasteiger charge is 2.22.